The number of benzene rings is 1. The molecule has 132 valence electrons. The van der Waals surface area contributed by atoms with E-state index in [-0.39, 0.29) is 18.3 Å². The molecule has 7 heteroatoms. The summed E-state index contributed by atoms with van der Waals surface area (Å²) in [5.41, 5.74) is 4.50. The van der Waals surface area contributed by atoms with E-state index in [9.17, 15) is 5.11 Å². The molecule has 0 saturated carbocycles. The second kappa shape index (κ2) is 6.61. The van der Waals surface area contributed by atoms with Crippen molar-refractivity contribution in [3.63, 3.8) is 0 Å². The minimum Gasteiger partial charge on any atom is -0.508 e. The van der Waals surface area contributed by atoms with Crippen LogP contribution in [0.2, 0.25) is 0 Å². The minimum atomic E-state index is 0.0450. The number of fused-ring (bicyclic) bond motifs is 1. The summed E-state index contributed by atoms with van der Waals surface area (Å²) in [6, 6.07) is 11.0. The number of phenolic OH excluding ortho intramolecular Hbond substituents is 1. The van der Waals surface area contributed by atoms with Crippen molar-refractivity contribution in [2.45, 2.75) is 19.4 Å². The molecular weight excluding hydrogens is 330 g/mol. The van der Waals surface area contributed by atoms with Crippen molar-refractivity contribution in [3.8, 4) is 17.0 Å². The molecule has 2 N–H and O–H groups in total. The van der Waals surface area contributed by atoms with Crippen LogP contribution in [0.3, 0.4) is 0 Å². The molecule has 7 nitrogen and oxygen atoms in total. The zero-order valence-corrected chi connectivity index (χ0v) is 14.3. The number of imidazole rings is 1. The van der Waals surface area contributed by atoms with Gasteiger partial charge in [-0.1, -0.05) is 19.1 Å². The highest BCUT2D eigenvalue weighted by Gasteiger charge is 2.15. The van der Waals surface area contributed by atoms with E-state index in [1.54, 1.807) is 23.0 Å². The van der Waals surface area contributed by atoms with Crippen LogP contribution in [-0.4, -0.2) is 41.2 Å². The Balaban J connectivity index is 1.73. The predicted molar refractivity (Wildman–Crippen MR) is 96.9 cm³/mol. The SMILES string of the molecule is CC(c1ccc(O)cc1)c1cnc2ccc(-c3cnn(CCO)c3)nn12. The van der Waals surface area contributed by atoms with Crippen molar-refractivity contribution in [3.05, 3.63) is 66.2 Å². The molecule has 0 aliphatic carbocycles. The third kappa shape index (κ3) is 2.93. The van der Waals surface area contributed by atoms with Gasteiger partial charge < -0.3 is 10.2 Å². The van der Waals surface area contributed by atoms with E-state index in [4.69, 9.17) is 10.2 Å². The van der Waals surface area contributed by atoms with Crippen LogP contribution in [-0.2, 0) is 6.54 Å². The number of aliphatic hydroxyl groups excluding tert-OH is 1. The lowest BCUT2D eigenvalue weighted by molar-refractivity contribution is 0.269. The van der Waals surface area contributed by atoms with E-state index in [2.05, 4.69) is 17.0 Å². The lowest BCUT2D eigenvalue weighted by Gasteiger charge is -2.11. The molecule has 3 aromatic heterocycles. The first kappa shape index (κ1) is 16.3. The Hall–Kier alpha value is -3.19. The molecule has 1 unspecified atom stereocenters. The molecule has 0 saturated heterocycles. The van der Waals surface area contributed by atoms with Gasteiger partial charge in [0.15, 0.2) is 5.65 Å². The number of hydrogen-bond acceptors (Lipinski definition) is 5. The Labute approximate surface area is 150 Å². The topological polar surface area (TPSA) is 88.5 Å². The summed E-state index contributed by atoms with van der Waals surface area (Å²) in [5, 5.41) is 27.5. The normalized spacial score (nSPS) is 12.5. The predicted octanol–water partition coefficient (Wildman–Crippen LogP) is 2.44. The van der Waals surface area contributed by atoms with Crippen molar-refractivity contribution in [1.29, 1.82) is 0 Å². The zero-order valence-electron chi connectivity index (χ0n) is 14.3. The Morgan fingerprint density at radius 3 is 2.65 bits per heavy atom. The van der Waals surface area contributed by atoms with E-state index < -0.39 is 0 Å². The smallest absolute Gasteiger partial charge is 0.153 e. The van der Waals surface area contributed by atoms with Crippen LogP contribution in [0, 0.1) is 0 Å². The second-order valence-electron chi connectivity index (χ2n) is 6.20. The van der Waals surface area contributed by atoms with Crippen LogP contribution in [0.4, 0.5) is 0 Å². The van der Waals surface area contributed by atoms with Crippen LogP contribution in [0.25, 0.3) is 16.9 Å². The first-order valence-electron chi connectivity index (χ1n) is 8.43. The Morgan fingerprint density at radius 1 is 1.08 bits per heavy atom. The molecule has 0 radical (unpaired) electrons. The number of aliphatic hydroxyl groups is 1. The van der Waals surface area contributed by atoms with Crippen molar-refractivity contribution >= 4 is 5.65 Å². The molecule has 0 spiro atoms. The third-order valence-corrected chi connectivity index (χ3v) is 4.48. The van der Waals surface area contributed by atoms with Gasteiger partial charge in [0.1, 0.15) is 5.75 Å². The van der Waals surface area contributed by atoms with Gasteiger partial charge in [-0.25, -0.2) is 9.50 Å². The van der Waals surface area contributed by atoms with E-state index in [0.717, 1.165) is 28.2 Å². The number of aromatic hydroxyl groups is 1. The molecule has 1 atom stereocenters. The number of aromatic nitrogens is 5. The summed E-state index contributed by atoms with van der Waals surface area (Å²) in [4.78, 5) is 4.45. The maximum atomic E-state index is 9.49. The molecule has 4 aromatic rings. The van der Waals surface area contributed by atoms with Gasteiger partial charge in [0, 0.05) is 17.7 Å². The second-order valence-corrected chi connectivity index (χ2v) is 6.20. The molecule has 0 fully saturated rings. The van der Waals surface area contributed by atoms with E-state index >= 15 is 0 Å². The number of nitrogens with zero attached hydrogens (tertiary/aromatic N) is 5. The maximum absolute atomic E-state index is 9.49. The monoisotopic (exact) mass is 349 g/mol. The van der Waals surface area contributed by atoms with Gasteiger partial charge in [0.05, 0.1) is 36.9 Å². The summed E-state index contributed by atoms with van der Waals surface area (Å²) in [5.74, 6) is 0.324. The molecule has 3 heterocycles. The van der Waals surface area contributed by atoms with Crippen molar-refractivity contribution in [2.75, 3.05) is 6.61 Å². The Kier molecular flexibility index (Phi) is 4.14. The van der Waals surface area contributed by atoms with Crippen LogP contribution in [0.15, 0.2) is 55.0 Å². The zero-order chi connectivity index (χ0) is 18.1. The highest BCUT2D eigenvalue weighted by Crippen LogP contribution is 2.26. The van der Waals surface area contributed by atoms with Gasteiger partial charge in [-0.2, -0.15) is 10.2 Å². The van der Waals surface area contributed by atoms with Crippen molar-refractivity contribution in [1.82, 2.24) is 24.4 Å². The summed E-state index contributed by atoms with van der Waals surface area (Å²) < 4.78 is 3.53. The van der Waals surface area contributed by atoms with E-state index in [0.29, 0.717) is 6.54 Å². The van der Waals surface area contributed by atoms with Gasteiger partial charge in [-0.3, -0.25) is 4.68 Å². The number of phenols is 1. The Morgan fingerprint density at radius 2 is 1.88 bits per heavy atom. The highest BCUT2D eigenvalue weighted by atomic mass is 16.3. The molecule has 1 aromatic carbocycles. The van der Waals surface area contributed by atoms with Gasteiger partial charge >= 0.3 is 0 Å². The maximum Gasteiger partial charge on any atom is 0.153 e. The Bertz CT molecular complexity index is 1040. The fourth-order valence-corrected chi connectivity index (χ4v) is 2.99. The lowest BCUT2D eigenvalue weighted by atomic mass is 9.98. The number of hydrogen-bond donors (Lipinski definition) is 2. The van der Waals surface area contributed by atoms with E-state index in [1.807, 2.05) is 41.2 Å². The van der Waals surface area contributed by atoms with Crippen LogP contribution in [0.5, 0.6) is 5.75 Å². The average molecular weight is 349 g/mol. The lowest BCUT2D eigenvalue weighted by Crippen LogP contribution is -2.04. The standard InChI is InChI=1S/C19H19N5O2/c1-13(14-2-4-16(26)5-3-14)18-11-20-19-7-6-17(22-24(18)19)15-10-21-23(12-15)8-9-25/h2-7,10-13,25-26H,8-9H2,1H3. The van der Waals surface area contributed by atoms with Crippen LogP contribution < -0.4 is 0 Å². The van der Waals surface area contributed by atoms with E-state index in [1.165, 1.54) is 0 Å². The molecule has 0 bridgehead atoms. The quantitative estimate of drug-likeness (QED) is 0.578. The fraction of sp³-hybridized carbons (Fsp3) is 0.211. The van der Waals surface area contributed by atoms with Gasteiger partial charge in [0.25, 0.3) is 0 Å². The highest BCUT2D eigenvalue weighted by molar-refractivity contribution is 5.58. The van der Waals surface area contributed by atoms with Gasteiger partial charge in [-0.15, -0.1) is 0 Å². The molecule has 0 aliphatic heterocycles. The molecule has 0 amide bonds. The van der Waals surface area contributed by atoms with Crippen LogP contribution >= 0.6 is 0 Å². The fourth-order valence-electron chi connectivity index (χ4n) is 2.99. The third-order valence-electron chi connectivity index (χ3n) is 4.48. The summed E-state index contributed by atoms with van der Waals surface area (Å²) in [6.07, 6.45) is 5.44. The minimum absolute atomic E-state index is 0.0450. The average Bonchev–Trinajstić information content (AvgIpc) is 3.28. The molecule has 0 aliphatic rings. The molecule has 4 rings (SSSR count). The first-order valence-corrected chi connectivity index (χ1v) is 8.43. The van der Waals surface area contributed by atoms with Crippen molar-refractivity contribution in [2.24, 2.45) is 0 Å². The molecular formula is C19H19N5O2. The summed E-state index contributed by atoms with van der Waals surface area (Å²) in [6.45, 7) is 2.59. The summed E-state index contributed by atoms with van der Waals surface area (Å²) in [7, 11) is 0. The first-order chi connectivity index (χ1) is 12.7. The van der Waals surface area contributed by atoms with Crippen molar-refractivity contribution < 1.29 is 10.2 Å². The van der Waals surface area contributed by atoms with Crippen LogP contribution in [0.1, 0.15) is 24.1 Å². The largest absolute Gasteiger partial charge is 0.508 e. The van der Waals surface area contributed by atoms with Gasteiger partial charge in [0.2, 0.25) is 0 Å². The summed E-state index contributed by atoms with van der Waals surface area (Å²) >= 11 is 0. The molecule has 26 heavy (non-hydrogen) atoms. The number of rotatable bonds is 5. The van der Waals surface area contributed by atoms with Gasteiger partial charge in [-0.05, 0) is 29.8 Å².